The number of rotatable bonds is 5. The highest BCUT2D eigenvalue weighted by Crippen LogP contribution is 2.24. The average Bonchev–Trinajstić information content (AvgIpc) is 2.69. The van der Waals surface area contributed by atoms with Crippen molar-refractivity contribution in [1.82, 2.24) is 0 Å². The maximum Gasteiger partial charge on any atom is 0.255 e. The van der Waals surface area contributed by atoms with E-state index in [2.05, 4.69) is 24.5 Å². The van der Waals surface area contributed by atoms with Crippen LogP contribution in [0, 0.1) is 0 Å². The van der Waals surface area contributed by atoms with E-state index in [9.17, 15) is 9.59 Å². The summed E-state index contributed by atoms with van der Waals surface area (Å²) in [5.41, 5.74) is 3.63. The highest BCUT2D eigenvalue weighted by molar-refractivity contribution is 6.07. The van der Waals surface area contributed by atoms with E-state index in [0.29, 0.717) is 17.0 Å². The molecule has 0 saturated heterocycles. The molecule has 0 aliphatic carbocycles. The Bertz CT molecular complexity index is 932. The van der Waals surface area contributed by atoms with Gasteiger partial charge in [0.25, 0.3) is 11.8 Å². The van der Waals surface area contributed by atoms with Crippen molar-refractivity contribution in [3.05, 3.63) is 95.6 Å². The van der Waals surface area contributed by atoms with Gasteiger partial charge in [0.1, 0.15) is 0 Å². The summed E-state index contributed by atoms with van der Waals surface area (Å²) in [5.74, 6) is -0.0954. The minimum Gasteiger partial charge on any atom is -0.322 e. The number of para-hydroxylation sites is 2. The molecule has 0 saturated carbocycles. The van der Waals surface area contributed by atoms with Crippen molar-refractivity contribution in [2.45, 2.75) is 19.8 Å². The smallest absolute Gasteiger partial charge is 0.255 e. The lowest BCUT2D eigenvalue weighted by Crippen LogP contribution is -2.15. The molecular formula is C23H22N2O2. The molecule has 3 rings (SSSR count). The van der Waals surface area contributed by atoms with E-state index >= 15 is 0 Å². The minimum atomic E-state index is -0.210. The third-order valence-electron chi connectivity index (χ3n) is 4.27. The van der Waals surface area contributed by atoms with Crippen molar-refractivity contribution in [3.8, 4) is 0 Å². The number of hydrogen-bond donors (Lipinski definition) is 2. The molecule has 0 heterocycles. The van der Waals surface area contributed by atoms with Crippen molar-refractivity contribution in [2.24, 2.45) is 0 Å². The van der Waals surface area contributed by atoms with Gasteiger partial charge < -0.3 is 10.6 Å². The van der Waals surface area contributed by atoms with Crippen LogP contribution in [0.15, 0.2) is 78.9 Å². The quantitative estimate of drug-likeness (QED) is 0.649. The molecule has 0 radical (unpaired) electrons. The monoisotopic (exact) mass is 358 g/mol. The summed E-state index contributed by atoms with van der Waals surface area (Å²) in [5, 5.41) is 5.78. The molecule has 0 atom stereocenters. The summed E-state index contributed by atoms with van der Waals surface area (Å²) in [6.45, 7) is 4.18. The van der Waals surface area contributed by atoms with Crippen LogP contribution in [0.1, 0.15) is 46.0 Å². The largest absolute Gasteiger partial charge is 0.322 e. The first-order chi connectivity index (χ1) is 13.0. The fourth-order valence-electron chi connectivity index (χ4n) is 2.81. The van der Waals surface area contributed by atoms with Gasteiger partial charge in [0.15, 0.2) is 0 Å². The Morgan fingerprint density at radius 1 is 0.667 bits per heavy atom. The Hall–Kier alpha value is -3.40. The summed E-state index contributed by atoms with van der Waals surface area (Å²) in [6.07, 6.45) is 0. The number of anilines is 2. The standard InChI is InChI=1S/C23H22N2O2/c1-16(2)20-10-6-7-11-21(20)25-23(27)18-14-12-17(13-15-18)22(26)24-19-8-4-3-5-9-19/h3-16H,1-2H3,(H,24,26)(H,25,27). The van der Waals surface area contributed by atoms with Crippen molar-refractivity contribution in [3.63, 3.8) is 0 Å². The first kappa shape index (κ1) is 18.4. The minimum absolute atomic E-state index is 0.196. The predicted molar refractivity (Wildman–Crippen MR) is 109 cm³/mol. The number of amides is 2. The van der Waals surface area contributed by atoms with Crippen LogP contribution >= 0.6 is 0 Å². The predicted octanol–water partition coefficient (Wildman–Crippen LogP) is 5.31. The number of carbonyl (C=O) groups excluding carboxylic acids is 2. The van der Waals surface area contributed by atoms with Crippen molar-refractivity contribution in [2.75, 3.05) is 10.6 Å². The van der Waals surface area contributed by atoms with Crippen LogP contribution in [0.5, 0.6) is 0 Å². The Balaban J connectivity index is 1.70. The van der Waals surface area contributed by atoms with E-state index < -0.39 is 0 Å². The second-order valence-corrected chi connectivity index (χ2v) is 6.59. The lowest BCUT2D eigenvalue weighted by molar-refractivity contribution is 0.101. The highest BCUT2D eigenvalue weighted by Gasteiger charge is 2.12. The SMILES string of the molecule is CC(C)c1ccccc1NC(=O)c1ccc(C(=O)Nc2ccccc2)cc1. The second-order valence-electron chi connectivity index (χ2n) is 6.59. The van der Waals surface area contributed by atoms with Gasteiger partial charge in [0, 0.05) is 22.5 Å². The van der Waals surface area contributed by atoms with Crippen LogP contribution in [0.25, 0.3) is 0 Å². The van der Waals surface area contributed by atoms with E-state index in [1.165, 1.54) is 0 Å². The normalized spacial score (nSPS) is 10.5. The first-order valence-electron chi connectivity index (χ1n) is 8.91. The molecule has 136 valence electrons. The molecule has 0 fully saturated rings. The molecule has 27 heavy (non-hydrogen) atoms. The van der Waals surface area contributed by atoms with E-state index in [1.807, 2.05) is 54.6 Å². The van der Waals surface area contributed by atoms with Crippen molar-refractivity contribution < 1.29 is 9.59 Å². The van der Waals surface area contributed by atoms with Gasteiger partial charge in [-0.3, -0.25) is 9.59 Å². The van der Waals surface area contributed by atoms with Gasteiger partial charge in [-0.1, -0.05) is 50.2 Å². The van der Waals surface area contributed by atoms with Gasteiger partial charge in [0.05, 0.1) is 0 Å². The topological polar surface area (TPSA) is 58.2 Å². The first-order valence-corrected chi connectivity index (χ1v) is 8.91. The summed E-state index contributed by atoms with van der Waals surface area (Å²) < 4.78 is 0. The zero-order chi connectivity index (χ0) is 19.2. The van der Waals surface area contributed by atoms with Crippen molar-refractivity contribution in [1.29, 1.82) is 0 Å². The van der Waals surface area contributed by atoms with E-state index in [4.69, 9.17) is 0 Å². The molecule has 4 heteroatoms. The summed E-state index contributed by atoms with van der Waals surface area (Å²) >= 11 is 0. The third kappa shape index (κ3) is 4.61. The Kier molecular flexibility index (Phi) is 5.67. The fourth-order valence-corrected chi connectivity index (χ4v) is 2.81. The molecule has 2 amide bonds. The summed E-state index contributed by atoms with van der Waals surface area (Å²) in [6, 6.07) is 23.7. The maximum atomic E-state index is 12.5. The maximum absolute atomic E-state index is 12.5. The van der Waals surface area contributed by atoms with Crippen LogP contribution in [0.4, 0.5) is 11.4 Å². The molecule has 2 N–H and O–H groups in total. The number of hydrogen-bond acceptors (Lipinski definition) is 2. The Labute approximate surface area is 159 Å². The molecular weight excluding hydrogens is 336 g/mol. The molecule has 0 unspecified atom stereocenters. The van der Waals surface area contributed by atoms with Gasteiger partial charge in [-0.25, -0.2) is 0 Å². The van der Waals surface area contributed by atoms with E-state index in [-0.39, 0.29) is 11.8 Å². The average molecular weight is 358 g/mol. The zero-order valence-electron chi connectivity index (χ0n) is 15.4. The highest BCUT2D eigenvalue weighted by atomic mass is 16.2. The molecule has 0 bridgehead atoms. The number of nitrogens with one attached hydrogen (secondary N) is 2. The van der Waals surface area contributed by atoms with Gasteiger partial charge in [-0.15, -0.1) is 0 Å². The van der Waals surface area contributed by atoms with Crippen LogP contribution in [-0.2, 0) is 0 Å². The Morgan fingerprint density at radius 3 is 1.78 bits per heavy atom. The zero-order valence-corrected chi connectivity index (χ0v) is 15.4. The lowest BCUT2D eigenvalue weighted by Gasteiger charge is -2.13. The lowest BCUT2D eigenvalue weighted by atomic mass is 10.0. The third-order valence-corrected chi connectivity index (χ3v) is 4.27. The summed E-state index contributed by atoms with van der Waals surface area (Å²) in [7, 11) is 0. The molecule has 3 aromatic rings. The fraction of sp³-hybridized carbons (Fsp3) is 0.130. The molecule has 0 aromatic heterocycles. The second kappa shape index (κ2) is 8.32. The van der Waals surface area contributed by atoms with Crippen LogP contribution in [-0.4, -0.2) is 11.8 Å². The van der Waals surface area contributed by atoms with Crippen LogP contribution in [0.2, 0.25) is 0 Å². The van der Waals surface area contributed by atoms with Gasteiger partial charge in [0.2, 0.25) is 0 Å². The summed E-state index contributed by atoms with van der Waals surface area (Å²) in [4.78, 5) is 24.8. The molecule has 3 aromatic carbocycles. The number of benzene rings is 3. The van der Waals surface area contributed by atoms with Gasteiger partial charge in [-0.2, -0.15) is 0 Å². The molecule has 0 spiro atoms. The molecule has 4 nitrogen and oxygen atoms in total. The van der Waals surface area contributed by atoms with Crippen molar-refractivity contribution >= 4 is 23.2 Å². The molecule has 0 aliphatic heterocycles. The van der Waals surface area contributed by atoms with E-state index in [0.717, 1.165) is 16.9 Å². The van der Waals surface area contributed by atoms with Crippen LogP contribution in [0.3, 0.4) is 0 Å². The van der Waals surface area contributed by atoms with E-state index in [1.54, 1.807) is 24.3 Å². The molecule has 0 aliphatic rings. The number of carbonyl (C=O) groups is 2. The van der Waals surface area contributed by atoms with Gasteiger partial charge in [-0.05, 0) is 53.9 Å². The van der Waals surface area contributed by atoms with Crippen LogP contribution < -0.4 is 10.6 Å². The van der Waals surface area contributed by atoms with Gasteiger partial charge >= 0.3 is 0 Å². The Morgan fingerprint density at radius 2 is 1.19 bits per heavy atom.